The van der Waals surface area contributed by atoms with Crippen molar-refractivity contribution in [2.75, 3.05) is 31.0 Å². The van der Waals surface area contributed by atoms with Crippen molar-refractivity contribution in [3.63, 3.8) is 0 Å². The summed E-state index contributed by atoms with van der Waals surface area (Å²) in [4.78, 5) is 11.4. The first-order valence-electron chi connectivity index (χ1n) is 8.42. The van der Waals surface area contributed by atoms with Crippen LogP contribution in [0.4, 0.5) is 0 Å². The van der Waals surface area contributed by atoms with Gasteiger partial charge in [-0.05, 0) is 36.6 Å². The fraction of sp³-hybridized carbons (Fsp3) is 0.471. The lowest BCUT2D eigenvalue weighted by Crippen LogP contribution is -2.07. The van der Waals surface area contributed by atoms with Crippen LogP contribution in [-0.2, 0) is 21.0 Å². The fourth-order valence-electron chi connectivity index (χ4n) is 2.75. The molecule has 1 aliphatic rings. The SMILES string of the molecule is COC(=O)c1ccc(OCCSc2nnc(CC3CCS(=O)(=O)C3)o2)cc1. The van der Waals surface area contributed by atoms with Crippen molar-refractivity contribution < 1.29 is 27.1 Å². The molecule has 146 valence electrons. The topological polar surface area (TPSA) is 109 Å². The predicted molar refractivity (Wildman–Crippen MR) is 98.8 cm³/mol. The van der Waals surface area contributed by atoms with Crippen LogP contribution in [0.3, 0.4) is 0 Å². The van der Waals surface area contributed by atoms with Gasteiger partial charge in [-0.25, -0.2) is 13.2 Å². The predicted octanol–water partition coefficient (Wildman–Crippen LogP) is 2.00. The van der Waals surface area contributed by atoms with E-state index < -0.39 is 9.84 Å². The van der Waals surface area contributed by atoms with Gasteiger partial charge in [0.1, 0.15) is 5.75 Å². The summed E-state index contributed by atoms with van der Waals surface area (Å²) >= 11 is 1.37. The molecule has 2 aromatic rings. The number of benzene rings is 1. The minimum Gasteiger partial charge on any atom is -0.493 e. The molecule has 0 bridgehead atoms. The maximum absolute atomic E-state index is 11.5. The van der Waals surface area contributed by atoms with Gasteiger partial charge in [-0.1, -0.05) is 11.8 Å². The van der Waals surface area contributed by atoms with Crippen LogP contribution in [-0.4, -0.2) is 55.6 Å². The molecule has 0 N–H and O–H groups in total. The summed E-state index contributed by atoms with van der Waals surface area (Å²) in [5.74, 6) is 1.84. The Balaban J connectivity index is 1.39. The Morgan fingerprint density at radius 3 is 2.74 bits per heavy atom. The smallest absolute Gasteiger partial charge is 0.337 e. The largest absolute Gasteiger partial charge is 0.493 e. The van der Waals surface area contributed by atoms with E-state index in [1.54, 1.807) is 24.3 Å². The van der Waals surface area contributed by atoms with Gasteiger partial charge in [0.15, 0.2) is 9.84 Å². The van der Waals surface area contributed by atoms with Crippen molar-refractivity contribution in [2.45, 2.75) is 18.1 Å². The highest BCUT2D eigenvalue weighted by Gasteiger charge is 2.29. The van der Waals surface area contributed by atoms with E-state index in [1.165, 1.54) is 18.9 Å². The van der Waals surface area contributed by atoms with Crippen LogP contribution in [0.5, 0.6) is 5.75 Å². The minimum absolute atomic E-state index is 0.0598. The quantitative estimate of drug-likeness (QED) is 0.365. The van der Waals surface area contributed by atoms with Gasteiger partial charge in [-0.15, -0.1) is 10.2 Å². The Hall–Kier alpha value is -2.07. The molecule has 2 heterocycles. The molecule has 1 aromatic heterocycles. The molecular formula is C17H20N2O6S2. The first-order chi connectivity index (χ1) is 12.9. The molecule has 8 nitrogen and oxygen atoms in total. The zero-order chi connectivity index (χ0) is 19.3. The third-order valence-electron chi connectivity index (χ3n) is 4.09. The molecule has 0 saturated carbocycles. The zero-order valence-corrected chi connectivity index (χ0v) is 16.4. The Morgan fingerprint density at radius 2 is 2.07 bits per heavy atom. The summed E-state index contributed by atoms with van der Waals surface area (Å²) in [6, 6.07) is 6.69. The first kappa shape index (κ1) is 19.7. The molecule has 1 unspecified atom stereocenters. The summed E-state index contributed by atoms with van der Waals surface area (Å²) in [6.07, 6.45) is 1.14. The van der Waals surface area contributed by atoms with Gasteiger partial charge < -0.3 is 13.9 Å². The van der Waals surface area contributed by atoms with E-state index in [-0.39, 0.29) is 23.4 Å². The summed E-state index contributed by atoms with van der Waals surface area (Å²) in [6.45, 7) is 0.431. The fourth-order valence-corrected chi connectivity index (χ4v) is 5.21. The molecule has 3 rings (SSSR count). The number of esters is 1. The number of ether oxygens (including phenoxy) is 2. The van der Waals surface area contributed by atoms with Crippen LogP contribution in [0.15, 0.2) is 33.9 Å². The van der Waals surface area contributed by atoms with Crippen molar-refractivity contribution in [1.82, 2.24) is 10.2 Å². The third kappa shape index (κ3) is 5.70. The van der Waals surface area contributed by atoms with E-state index in [9.17, 15) is 13.2 Å². The molecule has 10 heteroatoms. The van der Waals surface area contributed by atoms with Crippen molar-refractivity contribution in [3.05, 3.63) is 35.7 Å². The lowest BCUT2D eigenvalue weighted by molar-refractivity contribution is 0.0600. The Labute approximate surface area is 161 Å². The third-order valence-corrected chi connectivity index (χ3v) is 6.71. The van der Waals surface area contributed by atoms with E-state index in [2.05, 4.69) is 14.9 Å². The molecule has 1 fully saturated rings. The van der Waals surface area contributed by atoms with Crippen LogP contribution >= 0.6 is 11.8 Å². The number of nitrogens with zero attached hydrogens (tertiary/aromatic N) is 2. The highest BCUT2D eigenvalue weighted by molar-refractivity contribution is 7.99. The number of hydrogen-bond acceptors (Lipinski definition) is 9. The number of thioether (sulfide) groups is 1. The van der Waals surface area contributed by atoms with Crippen LogP contribution in [0, 0.1) is 5.92 Å². The van der Waals surface area contributed by atoms with E-state index in [0.29, 0.717) is 47.6 Å². The molecule has 0 spiro atoms. The lowest BCUT2D eigenvalue weighted by atomic mass is 10.1. The average molecular weight is 412 g/mol. The molecule has 1 saturated heterocycles. The molecule has 27 heavy (non-hydrogen) atoms. The molecule has 0 aliphatic carbocycles. The molecule has 0 amide bonds. The van der Waals surface area contributed by atoms with Crippen molar-refractivity contribution in [1.29, 1.82) is 0 Å². The van der Waals surface area contributed by atoms with Crippen LogP contribution in [0.25, 0.3) is 0 Å². The number of aromatic nitrogens is 2. The van der Waals surface area contributed by atoms with Gasteiger partial charge in [-0.2, -0.15) is 0 Å². The van der Waals surface area contributed by atoms with Crippen molar-refractivity contribution in [2.24, 2.45) is 5.92 Å². The molecule has 0 radical (unpaired) electrons. The minimum atomic E-state index is -2.90. The summed E-state index contributed by atoms with van der Waals surface area (Å²) in [5, 5.41) is 8.39. The number of methoxy groups -OCH3 is 1. The van der Waals surface area contributed by atoms with Crippen molar-refractivity contribution >= 4 is 27.6 Å². The summed E-state index contributed by atoms with van der Waals surface area (Å²) < 4.78 is 38.8. The van der Waals surface area contributed by atoms with Crippen LogP contribution in [0.1, 0.15) is 22.7 Å². The van der Waals surface area contributed by atoms with E-state index >= 15 is 0 Å². The van der Waals surface area contributed by atoms with Gasteiger partial charge in [0, 0.05) is 12.2 Å². The second kappa shape index (κ2) is 8.75. The van der Waals surface area contributed by atoms with Gasteiger partial charge in [0.2, 0.25) is 5.89 Å². The molecular weight excluding hydrogens is 392 g/mol. The highest BCUT2D eigenvalue weighted by atomic mass is 32.2. The highest BCUT2D eigenvalue weighted by Crippen LogP contribution is 2.24. The average Bonchev–Trinajstić information content (AvgIpc) is 3.24. The van der Waals surface area contributed by atoms with Gasteiger partial charge in [0.25, 0.3) is 5.22 Å². The Bertz CT molecular complexity index is 879. The maximum atomic E-state index is 11.5. The van der Waals surface area contributed by atoms with Crippen LogP contribution < -0.4 is 4.74 Å². The van der Waals surface area contributed by atoms with Gasteiger partial charge in [-0.3, -0.25) is 0 Å². The number of hydrogen-bond donors (Lipinski definition) is 0. The second-order valence-electron chi connectivity index (χ2n) is 6.15. The number of sulfone groups is 1. The zero-order valence-electron chi connectivity index (χ0n) is 14.8. The monoisotopic (exact) mass is 412 g/mol. The van der Waals surface area contributed by atoms with Crippen LogP contribution in [0.2, 0.25) is 0 Å². The standard InChI is InChI=1S/C17H20N2O6S2/c1-23-16(20)13-2-4-14(5-3-13)24-7-8-26-17-19-18-15(25-17)10-12-6-9-27(21,22)11-12/h2-5,12H,6-11H2,1H3. The first-order valence-corrected chi connectivity index (χ1v) is 11.2. The van der Waals surface area contributed by atoms with Gasteiger partial charge in [0.05, 0.1) is 30.8 Å². The van der Waals surface area contributed by atoms with Gasteiger partial charge >= 0.3 is 5.97 Å². The normalized spacial score (nSPS) is 18.3. The second-order valence-corrected chi connectivity index (χ2v) is 9.42. The molecule has 1 aromatic carbocycles. The lowest BCUT2D eigenvalue weighted by Gasteiger charge is -2.05. The Morgan fingerprint density at radius 1 is 1.30 bits per heavy atom. The molecule has 1 aliphatic heterocycles. The van der Waals surface area contributed by atoms with E-state index in [1.807, 2.05) is 0 Å². The number of carbonyl (C=O) groups is 1. The summed E-state index contributed by atoms with van der Waals surface area (Å²) in [5.41, 5.74) is 0.465. The van der Waals surface area contributed by atoms with Crippen molar-refractivity contribution in [3.8, 4) is 5.75 Å². The Kier molecular flexibility index (Phi) is 6.38. The molecule has 1 atom stereocenters. The van der Waals surface area contributed by atoms with E-state index in [0.717, 1.165) is 0 Å². The number of carbonyl (C=O) groups excluding carboxylic acids is 1. The maximum Gasteiger partial charge on any atom is 0.337 e. The number of rotatable bonds is 8. The summed E-state index contributed by atoms with van der Waals surface area (Å²) in [7, 11) is -1.56. The van der Waals surface area contributed by atoms with E-state index in [4.69, 9.17) is 9.15 Å².